The second kappa shape index (κ2) is 6.02. The molecule has 3 heteroatoms. The molecule has 0 aliphatic heterocycles. The first-order valence-electron chi connectivity index (χ1n) is 7.45. The molecule has 1 aliphatic carbocycles. The molecule has 0 radical (unpaired) electrons. The van der Waals surface area contributed by atoms with Gasteiger partial charge in [0.15, 0.2) is 0 Å². The van der Waals surface area contributed by atoms with E-state index in [1.54, 1.807) is 0 Å². The van der Waals surface area contributed by atoms with E-state index in [9.17, 15) is 0 Å². The van der Waals surface area contributed by atoms with Gasteiger partial charge in [0.25, 0.3) is 0 Å². The lowest BCUT2D eigenvalue weighted by Crippen LogP contribution is -2.22. The Kier molecular flexibility index (Phi) is 4.14. The third kappa shape index (κ3) is 2.98. The van der Waals surface area contributed by atoms with Crippen molar-refractivity contribution in [2.45, 2.75) is 45.1 Å². The van der Waals surface area contributed by atoms with E-state index < -0.39 is 0 Å². The molecule has 1 saturated carbocycles. The van der Waals surface area contributed by atoms with Crippen LogP contribution >= 0.6 is 11.3 Å². The highest BCUT2D eigenvalue weighted by molar-refractivity contribution is 7.18. The largest absolute Gasteiger partial charge is 0.308 e. The normalized spacial score (nSPS) is 18.2. The van der Waals surface area contributed by atoms with Crippen LogP contribution in [0.1, 0.15) is 50.1 Å². The van der Waals surface area contributed by atoms with Crippen LogP contribution in [0.15, 0.2) is 24.3 Å². The Morgan fingerprint density at radius 3 is 2.84 bits per heavy atom. The monoisotopic (exact) mass is 274 g/mol. The van der Waals surface area contributed by atoms with E-state index in [1.165, 1.54) is 41.8 Å². The molecular weight excluding hydrogens is 252 g/mol. The predicted molar refractivity (Wildman–Crippen MR) is 82.6 cm³/mol. The lowest BCUT2D eigenvalue weighted by atomic mass is 9.98. The third-order valence-electron chi connectivity index (χ3n) is 4.10. The van der Waals surface area contributed by atoms with Gasteiger partial charge in [0.1, 0.15) is 5.01 Å². The van der Waals surface area contributed by atoms with Crippen LogP contribution in [0.3, 0.4) is 0 Å². The molecule has 102 valence electrons. The first kappa shape index (κ1) is 13.1. The highest BCUT2D eigenvalue weighted by Crippen LogP contribution is 2.35. The number of nitrogens with zero attached hydrogens (tertiary/aromatic N) is 1. The summed E-state index contributed by atoms with van der Waals surface area (Å²) in [5.41, 5.74) is 1.15. The van der Waals surface area contributed by atoms with Crippen molar-refractivity contribution in [3.05, 3.63) is 29.3 Å². The summed E-state index contributed by atoms with van der Waals surface area (Å²) in [7, 11) is 0. The molecule has 19 heavy (non-hydrogen) atoms. The van der Waals surface area contributed by atoms with Gasteiger partial charge in [0.05, 0.1) is 16.3 Å². The Balaban J connectivity index is 1.81. The van der Waals surface area contributed by atoms with Crippen molar-refractivity contribution in [1.82, 2.24) is 10.3 Å². The van der Waals surface area contributed by atoms with E-state index in [0.29, 0.717) is 6.04 Å². The Morgan fingerprint density at radius 2 is 2.11 bits per heavy atom. The van der Waals surface area contributed by atoms with Crippen LogP contribution in [0.25, 0.3) is 10.2 Å². The molecule has 0 amide bonds. The van der Waals surface area contributed by atoms with Crippen LogP contribution in [-0.4, -0.2) is 11.5 Å². The average molecular weight is 274 g/mol. The minimum absolute atomic E-state index is 0.450. The highest BCUT2D eigenvalue weighted by atomic mass is 32.1. The van der Waals surface area contributed by atoms with E-state index in [2.05, 4.69) is 36.5 Å². The second-order valence-corrected chi connectivity index (χ2v) is 6.58. The predicted octanol–water partition coefficient (Wildman–Crippen LogP) is 4.53. The number of aromatic nitrogens is 1. The number of para-hydroxylation sites is 1. The molecule has 1 fully saturated rings. The molecule has 1 unspecified atom stereocenters. The summed E-state index contributed by atoms with van der Waals surface area (Å²) in [6.45, 7) is 3.21. The Hall–Kier alpha value is -0.930. The maximum Gasteiger partial charge on any atom is 0.111 e. The molecule has 3 rings (SSSR count). The fourth-order valence-corrected chi connectivity index (χ4v) is 4.19. The van der Waals surface area contributed by atoms with Crippen molar-refractivity contribution in [2.75, 3.05) is 6.54 Å². The molecule has 2 aromatic rings. The van der Waals surface area contributed by atoms with E-state index in [4.69, 9.17) is 4.98 Å². The lowest BCUT2D eigenvalue weighted by Gasteiger charge is -2.19. The fraction of sp³-hybridized carbons (Fsp3) is 0.562. The topological polar surface area (TPSA) is 24.9 Å². The average Bonchev–Trinajstić information content (AvgIpc) is 3.06. The van der Waals surface area contributed by atoms with E-state index in [-0.39, 0.29) is 0 Å². The van der Waals surface area contributed by atoms with Gasteiger partial charge in [-0.25, -0.2) is 4.98 Å². The van der Waals surface area contributed by atoms with Crippen LogP contribution < -0.4 is 5.32 Å². The van der Waals surface area contributed by atoms with Crippen LogP contribution in [0.5, 0.6) is 0 Å². The molecular formula is C16H22N2S. The Morgan fingerprint density at radius 1 is 1.32 bits per heavy atom. The van der Waals surface area contributed by atoms with Gasteiger partial charge in [-0.3, -0.25) is 0 Å². The summed E-state index contributed by atoms with van der Waals surface area (Å²) >= 11 is 1.86. The van der Waals surface area contributed by atoms with Crippen molar-refractivity contribution in [2.24, 2.45) is 5.92 Å². The minimum Gasteiger partial charge on any atom is -0.308 e. The SMILES string of the molecule is CCNC(CC1CCCC1)c1nc2ccccc2s1. The molecule has 0 bridgehead atoms. The second-order valence-electron chi connectivity index (χ2n) is 5.52. The smallest absolute Gasteiger partial charge is 0.111 e. The molecule has 1 aliphatic rings. The van der Waals surface area contributed by atoms with Gasteiger partial charge in [0, 0.05) is 0 Å². The maximum atomic E-state index is 4.83. The Labute approximate surface area is 119 Å². The summed E-state index contributed by atoms with van der Waals surface area (Å²) in [4.78, 5) is 4.83. The van der Waals surface area contributed by atoms with E-state index >= 15 is 0 Å². The van der Waals surface area contributed by atoms with Crippen LogP contribution in [-0.2, 0) is 0 Å². The van der Waals surface area contributed by atoms with E-state index in [0.717, 1.165) is 18.0 Å². The van der Waals surface area contributed by atoms with Crippen LogP contribution in [0, 0.1) is 5.92 Å². The minimum atomic E-state index is 0.450. The van der Waals surface area contributed by atoms with Crippen LogP contribution in [0.2, 0.25) is 0 Å². The fourth-order valence-electron chi connectivity index (χ4n) is 3.14. The molecule has 1 N–H and O–H groups in total. The number of hydrogen-bond acceptors (Lipinski definition) is 3. The van der Waals surface area contributed by atoms with Gasteiger partial charge in [-0.05, 0) is 31.0 Å². The standard InChI is InChI=1S/C16H22N2S/c1-2-17-14(11-12-7-3-4-8-12)16-18-13-9-5-6-10-15(13)19-16/h5-6,9-10,12,14,17H,2-4,7-8,11H2,1H3. The van der Waals surface area contributed by atoms with Gasteiger partial charge in [0.2, 0.25) is 0 Å². The van der Waals surface area contributed by atoms with Gasteiger partial charge < -0.3 is 5.32 Å². The molecule has 0 spiro atoms. The zero-order valence-corrected chi connectivity index (χ0v) is 12.4. The van der Waals surface area contributed by atoms with Crippen molar-refractivity contribution >= 4 is 21.6 Å². The summed E-state index contributed by atoms with van der Waals surface area (Å²) in [6, 6.07) is 8.92. The molecule has 1 heterocycles. The van der Waals surface area contributed by atoms with Crippen molar-refractivity contribution in [1.29, 1.82) is 0 Å². The van der Waals surface area contributed by atoms with Crippen molar-refractivity contribution < 1.29 is 0 Å². The molecule has 1 aromatic carbocycles. The molecule has 0 saturated heterocycles. The summed E-state index contributed by atoms with van der Waals surface area (Å²) in [5.74, 6) is 0.899. The zero-order valence-electron chi connectivity index (χ0n) is 11.6. The third-order valence-corrected chi connectivity index (χ3v) is 5.25. The number of hydrogen-bond donors (Lipinski definition) is 1. The van der Waals surface area contributed by atoms with Crippen molar-refractivity contribution in [3.8, 4) is 0 Å². The van der Waals surface area contributed by atoms with Gasteiger partial charge in [-0.1, -0.05) is 44.7 Å². The Bertz CT molecular complexity index is 495. The van der Waals surface area contributed by atoms with Gasteiger partial charge in [-0.2, -0.15) is 0 Å². The van der Waals surface area contributed by atoms with Crippen LogP contribution in [0.4, 0.5) is 0 Å². The number of nitrogens with one attached hydrogen (secondary N) is 1. The number of thiazole rings is 1. The lowest BCUT2D eigenvalue weighted by molar-refractivity contribution is 0.400. The van der Waals surface area contributed by atoms with Gasteiger partial charge in [-0.15, -0.1) is 11.3 Å². The number of rotatable bonds is 5. The molecule has 1 aromatic heterocycles. The summed E-state index contributed by atoms with van der Waals surface area (Å²) in [5, 5.41) is 4.91. The number of benzene rings is 1. The van der Waals surface area contributed by atoms with Gasteiger partial charge >= 0.3 is 0 Å². The van der Waals surface area contributed by atoms with E-state index in [1.807, 2.05) is 11.3 Å². The first-order valence-corrected chi connectivity index (χ1v) is 8.27. The number of fused-ring (bicyclic) bond motifs is 1. The van der Waals surface area contributed by atoms with Crippen molar-refractivity contribution in [3.63, 3.8) is 0 Å². The quantitative estimate of drug-likeness (QED) is 0.866. The summed E-state index contributed by atoms with van der Waals surface area (Å²) < 4.78 is 1.31. The molecule has 1 atom stereocenters. The zero-order chi connectivity index (χ0) is 13.1. The first-order chi connectivity index (χ1) is 9.36. The molecule has 2 nitrogen and oxygen atoms in total. The summed E-state index contributed by atoms with van der Waals surface area (Å²) in [6.07, 6.45) is 6.92. The highest BCUT2D eigenvalue weighted by Gasteiger charge is 2.22. The maximum absolute atomic E-state index is 4.83.